The zero-order valence-corrected chi connectivity index (χ0v) is 5.96. The van der Waals surface area contributed by atoms with Crippen molar-refractivity contribution in [1.82, 2.24) is 0 Å². The molecule has 9 heavy (non-hydrogen) atoms. The summed E-state index contributed by atoms with van der Waals surface area (Å²) in [5.41, 5.74) is 3.46. The highest BCUT2D eigenvalue weighted by molar-refractivity contribution is 7.59. The van der Waals surface area contributed by atoms with Crippen molar-refractivity contribution in [3.63, 3.8) is 0 Å². The molecule has 3 heteroatoms. The van der Waals surface area contributed by atoms with Crippen molar-refractivity contribution in [3.05, 3.63) is 30.3 Å². The Morgan fingerprint density at radius 1 is 1.11 bits per heavy atom. The molecular formula is C6H10N2S. The Morgan fingerprint density at radius 3 is 2.00 bits per heavy atom. The number of hydrogen-bond acceptors (Lipinski definition) is 2. The number of nitrogens with two attached hydrogens (primary N) is 1. The maximum Gasteiger partial charge on any atom is 0.0485 e. The lowest BCUT2D eigenvalue weighted by molar-refractivity contribution is 1.35. The maximum atomic E-state index is 5.10. The minimum absolute atomic E-state index is 0. The van der Waals surface area contributed by atoms with E-state index in [4.69, 9.17) is 5.84 Å². The first-order chi connectivity index (χ1) is 3.93. The van der Waals surface area contributed by atoms with E-state index in [1.165, 1.54) is 0 Å². The molecule has 0 aliphatic rings. The average molecular weight is 142 g/mol. The van der Waals surface area contributed by atoms with Gasteiger partial charge in [0, 0.05) is 5.69 Å². The highest BCUT2D eigenvalue weighted by atomic mass is 32.1. The number of nitrogens with one attached hydrogen (secondary N) is 1. The highest BCUT2D eigenvalue weighted by Gasteiger charge is 1.78. The molecule has 2 nitrogen and oxygen atoms in total. The summed E-state index contributed by atoms with van der Waals surface area (Å²) >= 11 is 0. The van der Waals surface area contributed by atoms with E-state index >= 15 is 0 Å². The molecule has 0 aromatic heterocycles. The summed E-state index contributed by atoms with van der Waals surface area (Å²) in [5.74, 6) is 5.10. The number of anilines is 1. The first kappa shape index (κ1) is 8.33. The summed E-state index contributed by atoms with van der Waals surface area (Å²) in [5, 5.41) is 0. The van der Waals surface area contributed by atoms with Crippen LogP contribution in [0.4, 0.5) is 5.69 Å². The van der Waals surface area contributed by atoms with Crippen LogP contribution in [0.1, 0.15) is 0 Å². The third kappa shape index (κ3) is 2.39. The Hall–Kier alpha value is -0.670. The van der Waals surface area contributed by atoms with Gasteiger partial charge in [0.25, 0.3) is 0 Å². The van der Waals surface area contributed by atoms with Crippen LogP contribution >= 0.6 is 13.5 Å². The molecule has 0 spiro atoms. The molecule has 50 valence electrons. The van der Waals surface area contributed by atoms with Gasteiger partial charge in [-0.1, -0.05) is 18.2 Å². The average Bonchev–Trinajstić information content (AvgIpc) is 1.90. The minimum Gasteiger partial charge on any atom is -0.324 e. The van der Waals surface area contributed by atoms with Gasteiger partial charge in [-0.15, -0.1) is 0 Å². The van der Waals surface area contributed by atoms with Crippen molar-refractivity contribution in [2.24, 2.45) is 5.84 Å². The van der Waals surface area contributed by atoms with E-state index < -0.39 is 0 Å². The van der Waals surface area contributed by atoms with Crippen molar-refractivity contribution in [1.29, 1.82) is 0 Å². The van der Waals surface area contributed by atoms with Crippen LogP contribution in [-0.4, -0.2) is 0 Å². The predicted octanol–water partition coefficient (Wildman–Crippen LogP) is 1.08. The molecule has 0 saturated carbocycles. The van der Waals surface area contributed by atoms with E-state index in [2.05, 4.69) is 5.43 Å². The molecule has 0 amide bonds. The second-order valence-corrected chi connectivity index (χ2v) is 1.51. The molecule has 0 aliphatic carbocycles. The SMILES string of the molecule is NNc1ccccc1.S. The number of rotatable bonds is 1. The molecule has 1 aromatic carbocycles. The van der Waals surface area contributed by atoms with Gasteiger partial charge in [-0.05, 0) is 12.1 Å². The number of hydrogen-bond donors (Lipinski definition) is 2. The van der Waals surface area contributed by atoms with Gasteiger partial charge in [0.05, 0.1) is 0 Å². The predicted molar refractivity (Wildman–Crippen MR) is 44.6 cm³/mol. The van der Waals surface area contributed by atoms with Gasteiger partial charge in [0.15, 0.2) is 0 Å². The van der Waals surface area contributed by atoms with E-state index in [0.717, 1.165) is 5.69 Å². The van der Waals surface area contributed by atoms with E-state index in [1.54, 1.807) is 0 Å². The maximum absolute atomic E-state index is 5.10. The Morgan fingerprint density at radius 2 is 1.67 bits per heavy atom. The van der Waals surface area contributed by atoms with Gasteiger partial charge in [-0.25, -0.2) is 0 Å². The van der Waals surface area contributed by atoms with Crippen LogP contribution in [0, 0.1) is 0 Å². The van der Waals surface area contributed by atoms with Crippen molar-refractivity contribution in [2.45, 2.75) is 0 Å². The zero-order chi connectivity index (χ0) is 5.82. The molecule has 0 radical (unpaired) electrons. The zero-order valence-electron chi connectivity index (χ0n) is 4.96. The second kappa shape index (κ2) is 4.23. The summed E-state index contributed by atoms with van der Waals surface area (Å²) in [4.78, 5) is 0. The summed E-state index contributed by atoms with van der Waals surface area (Å²) < 4.78 is 0. The largest absolute Gasteiger partial charge is 0.324 e. The number of para-hydroxylation sites is 1. The summed E-state index contributed by atoms with van der Waals surface area (Å²) in [6.45, 7) is 0. The second-order valence-electron chi connectivity index (χ2n) is 1.51. The lowest BCUT2D eigenvalue weighted by atomic mass is 10.3. The Bertz CT molecular complexity index is 152. The first-order valence-electron chi connectivity index (χ1n) is 2.45. The molecular weight excluding hydrogens is 132 g/mol. The van der Waals surface area contributed by atoms with Crippen LogP contribution in [0.5, 0.6) is 0 Å². The third-order valence-electron chi connectivity index (χ3n) is 0.940. The fraction of sp³-hybridized carbons (Fsp3) is 0. The van der Waals surface area contributed by atoms with E-state index in [0.29, 0.717) is 0 Å². The van der Waals surface area contributed by atoms with Crippen molar-refractivity contribution in [2.75, 3.05) is 5.43 Å². The Kier molecular flexibility index (Phi) is 3.92. The molecule has 1 rings (SSSR count). The molecule has 0 unspecified atom stereocenters. The minimum atomic E-state index is 0. The van der Waals surface area contributed by atoms with E-state index in [1.807, 2.05) is 30.3 Å². The van der Waals surface area contributed by atoms with Gasteiger partial charge in [0.1, 0.15) is 0 Å². The molecule has 0 saturated heterocycles. The highest BCUT2D eigenvalue weighted by Crippen LogP contribution is 2.00. The smallest absolute Gasteiger partial charge is 0.0485 e. The van der Waals surface area contributed by atoms with Gasteiger partial charge < -0.3 is 5.43 Å². The molecule has 0 atom stereocenters. The van der Waals surface area contributed by atoms with Gasteiger partial charge in [-0.3, -0.25) is 5.84 Å². The van der Waals surface area contributed by atoms with Crippen LogP contribution in [0.15, 0.2) is 30.3 Å². The van der Waals surface area contributed by atoms with E-state index in [-0.39, 0.29) is 13.5 Å². The lowest BCUT2D eigenvalue weighted by Crippen LogP contribution is -2.05. The van der Waals surface area contributed by atoms with Crippen molar-refractivity contribution in [3.8, 4) is 0 Å². The van der Waals surface area contributed by atoms with Gasteiger partial charge >= 0.3 is 0 Å². The molecule has 3 N–H and O–H groups in total. The number of nitrogen functional groups attached to an aromatic ring is 1. The normalized spacial score (nSPS) is 7.67. The third-order valence-corrected chi connectivity index (χ3v) is 0.940. The number of benzene rings is 1. The lowest BCUT2D eigenvalue weighted by Gasteiger charge is -1.94. The Balaban J connectivity index is 0.000000640. The molecule has 0 heterocycles. The van der Waals surface area contributed by atoms with Crippen LogP contribution < -0.4 is 11.3 Å². The van der Waals surface area contributed by atoms with Gasteiger partial charge in [0.2, 0.25) is 0 Å². The van der Waals surface area contributed by atoms with Crippen LogP contribution in [0.3, 0.4) is 0 Å². The standard InChI is InChI=1S/C6H8N2.H2S/c7-8-6-4-2-1-3-5-6;/h1-5,8H,7H2;1H2. The Labute approximate surface area is 61.5 Å². The fourth-order valence-corrected chi connectivity index (χ4v) is 0.534. The monoisotopic (exact) mass is 142 g/mol. The summed E-state index contributed by atoms with van der Waals surface area (Å²) in [7, 11) is 0. The molecule has 0 aliphatic heterocycles. The summed E-state index contributed by atoms with van der Waals surface area (Å²) in [6.07, 6.45) is 0. The van der Waals surface area contributed by atoms with Crippen molar-refractivity contribution < 1.29 is 0 Å². The molecule has 0 fully saturated rings. The molecule has 1 aromatic rings. The van der Waals surface area contributed by atoms with Gasteiger partial charge in [-0.2, -0.15) is 13.5 Å². The fourth-order valence-electron chi connectivity index (χ4n) is 0.534. The first-order valence-corrected chi connectivity index (χ1v) is 2.45. The number of hydrazine groups is 1. The van der Waals surface area contributed by atoms with Crippen LogP contribution in [0.2, 0.25) is 0 Å². The van der Waals surface area contributed by atoms with Crippen LogP contribution in [-0.2, 0) is 0 Å². The van der Waals surface area contributed by atoms with Crippen molar-refractivity contribution >= 4 is 19.2 Å². The van der Waals surface area contributed by atoms with E-state index in [9.17, 15) is 0 Å². The molecule has 0 bridgehead atoms. The summed E-state index contributed by atoms with van der Waals surface area (Å²) in [6, 6.07) is 9.60. The van der Waals surface area contributed by atoms with Crippen LogP contribution in [0.25, 0.3) is 0 Å². The quantitative estimate of drug-likeness (QED) is 0.455. The topological polar surface area (TPSA) is 38.0 Å².